The lowest BCUT2D eigenvalue weighted by Crippen LogP contribution is -2.36. The van der Waals surface area contributed by atoms with Gasteiger partial charge in [-0.25, -0.2) is 4.79 Å². The van der Waals surface area contributed by atoms with E-state index < -0.39 is 29.6 Å². The number of thioether (sulfide) groups is 1. The Morgan fingerprint density at radius 1 is 1.18 bits per heavy atom. The molecule has 0 aliphatic carbocycles. The Balaban J connectivity index is 1.75. The molecule has 0 spiro atoms. The molecule has 3 amide bonds. The fourth-order valence-electron chi connectivity index (χ4n) is 2.99. The maximum absolute atomic E-state index is 12.8. The molecule has 0 atom stereocenters. The first-order valence-electron chi connectivity index (χ1n) is 9.91. The Morgan fingerprint density at radius 2 is 1.91 bits per heavy atom. The van der Waals surface area contributed by atoms with Crippen molar-refractivity contribution in [1.29, 1.82) is 0 Å². The van der Waals surface area contributed by atoms with E-state index in [9.17, 15) is 19.2 Å². The minimum atomic E-state index is -0.560. The number of esters is 1. The van der Waals surface area contributed by atoms with E-state index in [1.54, 1.807) is 30.3 Å². The molecule has 34 heavy (non-hydrogen) atoms. The molecule has 0 bridgehead atoms. The van der Waals surface area contributed by atoms with E-state index in [-0.39, 0.29) is 11.5 Å². The standard InChI is InChI=1S/C23H21IN2O7S/c1-13-6-4-5-7-16(13)25-19(27)11-26-22(29)18(34-23(26)30)10-14-8-15(24)21(17(9-14)31-2)33-12-20(28)32-3/h4-10H,11-12H2,1-3H3,(H,25,27)/b18-10-. The van der Waals surface area contributed by atoms with Crippen LogP contribution in [0.2, 0.25) is 0 Å². The van der Waals surface area contributed by atoms with Crippen LogP contribution >= 0.6 is 34.4 Å². The molecule has 0 saturated carbocycles. The monoisotopic (exact) mass is 596 g/mol. The van der Waals surface area contributed by atoms with Crippen LogP contribution in [0, 0.1) is 10.5 Å². The number of carbonyl (C=O) groups is 4. The normalized spacial score (nSPS) is 14.4. The van der Waals surface area contributed by atoms with Gasteiger partial charge in [-0.3, -0.25) is 19.3 Å². The second-order valence-corrected chi connectivity index (χ2v) is 9.19. The molecular weight excluding hydrogens is 575 g/mol. The van der Waals surface area contributed by atoms with Crippen LogP contribution in [0.1, 0.15) is 11.1 Å². The van der Waals surface area contributed by atoms with E-state index in [0.29, 0.717) is 26.3 Å². The number of carbonyl (C=O) groups excluding carboxylic acids is 4. The van der Waals surface area contributed by atoms with E-state index in [2.05, 4.69) is 10.1 Å². The summed E-state index contributed by atoms with van der Waals surface area (Å²) in [6, 6.07) is 10.6. The van der Waals surface area contributed by atoms with E-state index in [4.69, 9.17) is 9.47 Å². The van der Waals surface area contributed by atoms with Crippen molar-refractivity contribution in [2.45, 2.75) is 6.92 Å². The molecule has 2 aromatic carbocycles. The second-order valence-electron chi connectivity index (χ2n) is 7.03. The summed E-state index contributed by atoms with van der Waals surface area (Å²) in [6.45, 7) is 1.17. The maximum Gasteiger partial charge on any atom is 0.343 e. The molecule has 2 aromatic rings. The summed E-state index contributed by atoms with van der Waals surface area (Å²) in [7, 11) is 2.71. The third kappa shape index (κ3) is 6.08. The first-order valence-corrected chi connectivity index (χ1v) is 11.8. The zero-order valence-electron chi connectivity index (χ0n) is 18.5. The Kier molecular flexibility index (Phi) is 8.56. The SMILES string of the molecule is COC(=O)COc1c(I)cc(/C=C2\SC(=O)N(CC(=O)Nc3ccccc3C)C2=O)cc1OC. The van der Waals surface area contributed by atoms with Gasteiger partial charge >= 0.3 is 5.97 Å². The third-order valence-corrected chi connectivity index (χ3v) is 6.41. The van der Waals surface area contributed by atoms with Gasteiger partial charge in [0.15, 0.2) is 18.1 Å². The Morgan fingerprint density at radius 3 is 2.59 bits per heavy atom. The number of rotatable bonds is 8. The smallest absolute Gasteiger partial charge is 0.343 e. The molecule has 9 nitrogen and oxygen atoms in total. The number of halogens is 1. The van der Waals surface area contributed by atoms with E-state index in [0.717, 1.165) is 22.2 Å². The lowest BCUT2D eigenvalue weighted by Gasteiger charge is -2.14. The number of anilines is 1. The van der Waals surface area contributed by atoms with Gasteiger partial charge in [0.1, 0.15) is 6.54 Å². The molecule has 1 saturated heterocycles. The van der Waals surface area contributed by atoms with Crippen LogP contribution in [0.3, 0.4) is 0 Å². The topological polar surface area (TPSA) is 111 Å². The molecule has 3 rings (SSSR count). The van der Waals surface area contributed by atoms with Crippen LogP contribution in [0.15, 0.2) is 41.3 Å². The van der Waals surface area contributed by atoms with Crippen LogP contribution < -0.4 is 14.8 Å². The number of ether oxygens (including phenoxy) is 3. The van der Waals surface area contributed by atoms with Crippen LogP contribution in [-0.4, -0.2) is 55.3 Å². The van der Waals surface area contributed by atoms with Gasteiger partial charge < -0.3 is 19.5 Å². The highest BCUT2D eigenvalue weighted by molar-refractivity contribution is 14.1. The Bertz CT molecular complexity index is 1180. The summed E-state index contributed by atoms with van der Waals surface area (Å²) >= 11 is 2.77. The van der Waals surface area contributed by atoms with Gasteiger partial charge in [-0.05, 0) is 76.7 Å². The molecule has 11 heteroatoms. The summed E-state index contributed by atoms with van der Waals surface area (Å²) in [5, 5.41) is 2.19. The number of hydrogen-bond acceptors (Lipinski definition) is 8. The molecule has 1 N–H and O–H groups in total. The third-order valence-electron chi connectivity index (χ3n) is 4.71. The van der Waals surface area contributed by atoms with E-state index >= 15 is 0 Å². The first kappa shape index (κ1) is 25.6. The van der Waals surface area contributed by atoms with Gasteiger partial charge in [-0.1, -0.05) is 18.2 Å². The van der Waals surface area contributed by atoms with Crippen LogP contribution in [-0.2, 0) is 19.1 Å². The average Bonchev–Trinajstić information content (AvgIpc) is 3.06. The van der Waals surface area contributed by atoms with E-state index in [1.165, 1.54) is 14.2 Å². The maximum atomic E-state index is 12.8. The molecule has 1 heterocycles. The number of amides is 3. The van der Waals surface area contributed by atoms with Crippen LogP contribution in [0.4, 0.5) is 10.5 Å². The fraction of sp³-hybridized carbons (Fsp3) is 0.217. The van der Waals surface area contributed by atoms with Crippen molar-refractivity contribution >= 4 is 69.1 Å². The lowest BCUT2D eigenvalue weighted by molar-refractivity contribution is -0.143. The minimum absolute atomic E-state index is 0.176. The predicted octanol–water partition coefficient (Wildman–Crippen LogP) is 3.84. The quantitative estimate of drug-likeness (QED) is 0.278. The lowest BCUT2D eigenvalue weighted by atomic mass is 10.2. The van der Waals surface area contributed by atoms with Crippen molar-refractivity contribution in [3.8, 4) is 11.5 Å². The predicted molar refractivity (Wildman–Crippen MR) is 136 cm³/mol. The van der Waals surface area contributed by atoms with Gasteiger partial charge in [0, 0.05) is 5.69 Å². The molecule has 0 unspecified atom stereocenters. The van der Waals surface area contributed by atoms with Gasteiger partial charge in [0.05, 0.1) is 22.7 Å². The van der Waals surface area contributed by atoms with Crippen molar-refractivity contribution in [2.75, 3.05) is 32.7 Å². The number of imide groups is 1. The highest BCUT2D eigenvalue weighted by Crippen LogP contribution is 2.37. The van der Waals surface area contributed by atoms with Crippen molar-refractivity contribution in [3.63, 3.8) is 0 Å². The number of nitrogens with one attached hydrogen (secondary N) is 1. The van der Waals surface area contributed by atoms with Gasteiger partial charge in [0.2, 0.25) is 5.91 Å². The van der Waals surface area contributed by atoms with Gasteiger partial charge in [-0.2, -0.15) is 0 Å². The first-order chi connectivity index (χ1) is 16.2. The summed E-state index contributed by atoms with van der Waals surface area (Å²) in [6.07, 6.45) is 1.54. The summed E-state index contributed by atoms with van der Waals surface area (Å²) < 4.78 is 16.0. The van der Waals surface area contributed by atoms with Gasteiger partial charge in [0.25, 0.3) is 11.1 Å². The molecule has 0 aromatic heterocycles. The van der Waals surface area contributed by atoms with Crippen LogP contribution in [0.25, 0.3) is 6.08 Å². The van der Waals surface area contributed by atoms with E-state index in [1.807, 2.05) is 41.6 Å². The Labute approximate surface area is 213 Å². The highest BCUT2D eigenvalue weighted by atomic mass is 127. The van der Waals surface area contributed by atoms with Crippen molar-refractivity contribution in [3.05, 3.63) is 56.0 Å². The van der Waals surface area contributed by atoms with Crippen molar-refractivity contribution in [2.24, 2.45) is 0 Å². The largest absolute Gasteiger partial charge is 0.493 e. The number of para-hydroxylation sites is 1. The number of nitrogens with zero attached hydrogens (tertiary/aromatic N) is 1. The molecule has 178 valence electrons. The molecule has 1 aliphatic rings. The summed E-state index contributed by atoms with van der Waals surface area (Å²) in [4.78, 5) is 50.1. The minimum Gasteiger partial charge on any atom is -0.493 e. The summed E-state index contributed by atoms with van der Waals surface area (Å²) in [5.74, 6) is -0.872. The average molecular weight is 596 g/mol. The molecular formula is C23H21IN2O7S. The van der Waals surface area contributed by atoms with Crippen molar-refractivity contribution in [1.82, 2.24) is 4.90 Å². The number of hydrogen-bond donors (Lipinski definition) is 1. The molecule has 1 aliphatic heterocycles. The second kappa shape index (κ2) is 11.4. The number of aryl methyl sites for hydroxylation is 1. The zero-order valence-corrected chi connectivity index (χ0v) is 21.5. The fourth-order valence-corrected chi connectivity index (χ4v) is 4.61. The Hall–Kier alpha value is -3.06. The number of benzene rings is 2. The highest BCUT2D eigenvalue weighted by Gasteiger charge is 2.36. The summed E-state index contributed by atoms with van der Waals surface area (Å²) in [5.41, 5.74) is 2.07. The zero-order chi connectivity index (χ0) is 24.8. The van der Waals surface area contributed by atoms with Gasteiger partial charge in [-0.15, -0.1) is 0 Å². The van der Waals surface area contributed by atoms with Crippen LogP contribution in [0.5, 0.6) is 11.5 Å². The molecule has 0 radical (unpaired) electrons. The van der Waals surface area contributed by atoms with Crippen molar-refractivity contribution < 1.29 is 33.4 Å². The number of methoxy groups -OCH3 is 2. The molecule has 1 fully saturated rings.